The maximum Gasteiger partial charge on any atom is 0.251 e. The summed E-state index contributed by atoms with van der Waals surface area (Å²) in [5.41, 5.74) is 6.28. The maximum atomic E-state index is 14.3. The van der Waals surface area contributed by atoms with Crippen LogP contribution in [-0.4, -0.2) is 99.8 Å². The smallest absolute Gasteiger partial charge is 0.251 e. The minimum atomic E-state index is -0.899. The van der Waals surface area contributed by atoms with E-state index in [4.69, 9.17) is 9.57 Å². The first kappa shape index (κ1) is 40.5. The first-order valence-corrected chi connectivity index (χ1v) is 19.7. The van der Waals surface area contributed by atoms with Crippen molar-refractivity contribution in [2.75, 3.05) is 58.3 Å². The molecule has 4 fully saturated rings. The fourth-order valence-electron chi connectivity index (χ4n) is 9.37. The van der Waals surface area contributed by atoms with Gasteiger partial charge in [0.25, 0.3) is 5.91 Å². The van der Waals surface area contributed by atoms with Crippen molar-refractivity contribution in [3.05, 3.63) is 77.4 Å². The van der Waals surface area contributed by atoms with Crippen LogP contribution in [0.4, 0.5) is 11.4 Å². The number of aliphatic hydroxyl groups is 2. The van der Waals surface area contributed by atoms with Gasteiger partial charge in [-0.1, -0.05) is 51.1 Å². The highest BCUT2D eigenvalue weighted by molar-refractivity contribution is 5.97. The van der Waals surface area contributed by atoms with E-state index in [2.05, 4.69) is 60.6 Å². The molecule has 3 aromatic rings. The standard InChI is InChI=1S/C44H61N5O6/c1-26-36-22-32(44(36,3)4)23-37(26)46-43(53)40-39(27(2)51)38(25-50)55-49(40)24-29-11-10-12-35(41(29)54-9)30-19-31(21-34(20-30)48(7)8)42(52)45-18-17-28-13-15-33(16-14-28)47(5)6/h10-16,19-21,26-27,32,36-40,50-51H,17-18,22-25H2,1-9H3,(H,45,52)(H,46,53)/t26-,27-,32+,36-,37-,38-,39+,40-/m0/s1. The van der Waals surface area contributed by atoms with E-state index in [0.717, 1.165) is 40.0 Å². The number of fused-ring (bicyclic) bond motifs is 2. The van der Waals surface area contributed by atoms with E-state index >= 15 is 0 Å². The molecule has 1 saturated heterocycles. The highest BCUT2D eigenvalue weighted by Crippen LogP contribution is 2.61. The Morgan fingerprint density at radius 2 is 1.73 bits per heavy atom. The number of benzene rings is 3. The van der Waals surface area contributed by atoms with E-state index in [9.17, 15) is 19.8 Å². The van der Waals surface area contributed by atoms with Gasteiger partial charge in [0.2, 0.25) is 5.91 Å². The molecule has 11 nitrogen and oxygen atoms in total. The molecule has 0 spiro atoms. The Hall–Kier alpha value is -4.16. The largest absolute Gasteiger partial charge is 0.496 e. The quantitative estimate of drug-likeness (QED) is 0.177. The molecule has 3 aromatic carbocycles. The second kappa shape index (κ2) is 16.5. The summed E-state index contributed by atoms with van der Waals surface area (Å²) < 4.78 is 6.08. The molecule has 4 aliphatic rings. The van der Waals surface area contributed by atoms with Gasteiger partial charge < -0.3 is 35.4 Å². The van der Waals surface area contributed by atoms with Crippen molar-refractivity contribution < 1.29 is 29.4 Å². The number of carbonyl (C=O) groups excluding carboxylic acids is 2. The van der Waals surface area contributed by atoms with E-state index in [-0.39, 0.29) is 36.4 Å². The minimum absolute atomic E-state index is 0.0387. The minimum Gasteiger partial charge on any atom is -0.496 e. The Labute approximate surface area is 326 Å². The number of rotatable bonds is 14. The van der Waals surface area contributed by atoms with Crippen LogP contribution in [0.15, 0.2) is 60.7 Å². The highest BCUT2D eigenvalue weighted by Gasteiger charge is 2.57. The lowest BCUT2D eigenvalue weighted by Crippen LogP contribution is -2.62. The van der Waals surface area contributed by atoms with Gasteiger partial charge in [-0.3, -0.25) is 14.4 Å². The van der Waals surface area contributed by atoms with E-state index in [1.165, 1.54) is 6.42 Å². The molecular formula is C44H61N5O6. The van der Waals surface area contributed by atoms with Gasteiger partial charge in [0, 0.05) is 74.8 Å². The third-order valence-electron chi connectivity index (χ3n) is 12.8. The number of nitrogens with one attached hydrogen (secondary N) is 2. The summed E-state index contributed by atoms with van der Waals surface area (Å²) in [6.45, 7) is 8.89. The summed E-state index contributed by atoms with van der Waals surface area (Å²) in [6.07, 6.45) is 1.19. The van der Waals surface area contributed by atoms with Crippen molar-refractivity contribution in [1.82, 2.24) is 15.7 Å². The Bertz CT molecular complexity index is 1830. The van der Waals surface area contributed by atoms with Crippen molar-refractivity contribution >= 4 is 23.2 Å². The lowest BCUT2D eigenvalue weighted by molar-refractivity contribution is -0.183. The number of nitrogens with zero attached hydrogens (tertiary/aromatic N) is 3. The van der Waals surface area contributed by atoms with Gasteiger partial charge in [-0.25, -0.2) is 0 Å². The summed E-state index contributed by atoms with van der Waals surface area (Å²) in [5.74, 6) is 1.03. The van der Waals surface area contributed by atoms with Gasteiger partial charge in [-0.05, 0) is 90.8 Å². The number of para-hydroxylation sites is 1. The first-order valence-electron chi connectivity index (χ1n) is 19.7. The monoisotopic (exact) mass is 755 g/mol. The summed E-state index contributed by atoms with van der Waals surface area (Å²) in [5, 5.41) is 29.4. The summed E-state index contributed by atoms with van der Waals surface area (Å²) in [6, 6.07) is 19.1. The third kappa shape index (κ3) is 8.21. The topological polar surface area (TPSA) is 127 Å². The Kier molecular flexibility index (Phi) is 12.2. The van der Waals surface area contributed by atoms with E-state index in [0.29, 0.717) is 42.0 Å². The molecule has 2 bridgehead atoms. The van der Waals surface area contributed by atoms with Crippen molar-refractivity contribution in [3.8, 4) is 16.9 Å². The molecule has 1 aliphatic heterocycles. The lowest BCUT2D eigenvalue weighted by atomic mass is 9.45. The number of aliphatic hydroxyl groups excluding tert-OH is 2. The highest BCUT2D eigenvalue weighted by atomic mass is 16.7. The molecule has 8 atom stereocenters. The van der Waals surface area contributed by atoms with Crippen LogP contribution in [0, 0.1) is 29.1 Å². The van der Waals surface area contributed by atoms with Gasteiger partial charge in [0.1, 0.15) is 17.9 Å². The first-order chi connectivity index (χ1) is 26.1. The number of amides is 2. The molecule has 3 saturated carbocycles. The Morgan fingerprint density at radius 1 is 1.02 bits per heavy atom. The van der Waals surface area contributed by atoms with Crippen LogP contribution in [0.5, 0.6) is 5.75 Å². The molecule has 0 unspecified atom stereocenters. The molecule has 1 heterocycles. The normalized spacial score (nSPS) is 26.1. The van der Waals surface area contributed by atoms with Crippen LogP contribution >= 0.6 is 0 Å². The lowest BCUT2D eigenvalue weighted by Gasteiger charge is -2.62. The van der Waals surface area contributed by atoms with E-state index in [1.54, 1.807) is 19.1 Å². The summed E-state index contributed by atoms with van der Waals surface area (Å²) >= 11 is 0. The van der Waals surface area contributed by atoms with Gasteiger partial charge in [0.05, 0.1) is 26.4 Å². The van der Waals surface area contributed by atoms with Gasteiger partial charge in [-0.15, -0.1) is 0 Å². The van der Waals surface area contributed by atoms with Crippen molar-refractivity contribution in [1.29, 1.82) is 0 Å². The van der Waals surface area contributed by atoms with Crippen molar-refractivity contribution in [3.63, 3.8) is 0 Å². The molecule has 298 valence electrons. The predicted octanol–water partition coefficient (Wildman–Crippen LogP) is 5.13. The molecule has 0 aromatic heterocycles. The van der Waals surface area contributed by atoms with Crippen LogP contribution < -0.4 is 25.2 Å². The third-order valence-corrected chi connectivity index (χ3v) is 12.8. The van der Waals surface area contributed by atoms with Crippen LogP contribution in [0.3, 0.4) is 0 Å². The zero-order valence-electron chi connectivity index (χ0n) is 34.0. The maximum absolute atomic E-state index is 14.3. The van der Waals surface area contributed by atoms with Crippen molar-refractivity contribution in [2.45, 2.75) is 77.8 Å². The van der Waals surface area contributed by atoms with Crippen LogP contribution in [0.1, 0.15) is 62.0 Å². The molecule has 0 radical (unpaired) electrons. The second-order valence-electron chi connectivity index (χ2n) is 17.0. The molecule has 2 amide bonds. The summed E-state index contributed by atoms with van der Waals surface area (Å²) in [4.78, 5) is 38.1. The molecule has 55 heavy (non-hydrogen) atoms. The number of hydrogen-bond donors (Lipinski definition) is 4. The zero-order valence-corrected chi connectivity index (χ0v) is 34.0. The number of anilines is 2. The van der Waals surface area contributed by atoms with Crippen molar-refractivity contribution in [2.24, 2.45) is 29.1 Å². The van der Waals surface area contributed by atoms with E-state index < -0.39 is 24.2 Å². The Morgan fingerprint density at radius 3 is 2.33 bits per heavy atom. The number of methoxy groups -OCH3 is 1. The van der Waals surface area contributed by atoms with Crippen LogP contribution in [0.2, 0.25) is 0 Å². The SMILES string of the molecule is COc1c(CN2O[C@@H](CO)[C@@H]([C@H](C)O)[C@H]2C(=O)N[C@H]2C[C@H]3C[C@@H]([C@@H]2C)C3(C)C)cccc1-c1cc(C(=O)NCCc2ccc(N(C)C)cc2)cc(N(C)C)c1. The average molecular weight is 756 g/mol. The van der Waals surface area contributed by atoms with E-state index in [1.807, 2.05) is 69.5 Å². The van der Waals surface area contributed by atoms with Crippen LogP contribution in [-0.2, 0) is 22.6 Å². The second-order valence-corrected chi connectivity index (χ2v) is 17.0. The summed E-state index contributed by atoms with van der Waals surface area (Å²) in [7, 11) is 9.51. The average Bonchev–Trinajstić information content (AvgIpc) is 3.53. The fourth-order valence-corrected chi connectivity index (χ4v) is 9.37. The molecule has 7 rings (SSSR count). The number of carbonyl (C=O) groups is 2. The molecule has 4 N–H and O–H groups in total. The Balaban J connectivity index is 1.24. The van der Waals surface area contributed by atoms with Gasteiger partial charge in [0.15, 0.2) is 0 Å². The van der Waals surface area contributed by atoms with Gasteiger partial charge >= 0.3 is 0 Å². The predicted molar refractivity (Wildman–Crippen MR) is 217 cm³/mol. The molecule has 11 heteroatoms. The van der Waals surface area contributed by atoms with Crippen LogP contribution in [0.25, 0.3) is 11.1 Å². The molecular weight excluding hydrogens is 695 g/mol. The number of ether oxygens (including phenoxy) is 1. The fraction of sp³-hybridized carbons (Fsp3) is 0.545. The number of hydrogen-bond acceptors (Lipinski definition) is 9. The zero-order chi connectivity index (χ0) is 39.8. The van der Waals surface area contributed by atoms with Gasteiger partial charge in [-0.2, -0.15) is 5.06 Å². The number of hydroxylamine groups is 2. The molecule has 3 aliphatic carbocycles.